The third-order valence-corrected chi connectivity index (χ3v) is 7.82. The zero-order valence-electron chi connectivity index (χ0n) is 18.4. The van der Waals surface area contributed by atoms with Crippen molar-refractivity contribution >= 4 is 44.6 Å². The fourth-order valence-electron chi connectivity index (χ4n) is 3.94. The normalized spacial score (nSPS) is 15.6. The van der Waals surface area contributed by atoms with E-state index in [2.05, 4.69) is 18.6 Å². The van der Waals surface area contributed by atoms with E-state index < -0.39 is 21.7 Å². The zero-order valence-corrected chi connectivity index (χ0v) is 20.8. The number of hydrogen-bond acceptors (Lipinski definition) is 5. The molecule has 0 fully saturated rings. The number of rotatable bonds is 9. The van der Waals surface area contributed by atoms with E-state index in [0.717, 1.165) is 10.4 Å². The first-order valence-corrected chi connectivity index (χ1v) is 13.1. The van der Waals surface area contributed by atoms with Crippen LogP contribution in [0.1, 0.15) is 30.3 Å². The third kappa shape index (κ3) is 5.70. The monoisotopic (exact) mass is 499 g/mol. The number of halogens is 2. The lowest BCUT2D eigenvalue weighted by atomic mass is 9.94. The van der Waals surface area contributed by atoms with Gasteiger partial charge in [-0.05, 0) is 62.3 Å². The fraction of sp³-hybridized carbons (Fsp3) is 0.409. The molecule has 6 nitrogen and oxygen atoms in total. The van der Waals surface area contributed by atoms with Crippen molar-refractivity contribution in [2.45, 2.75) is 26.3 Å². The lowest BCUT2D eigenvalue weighted by Gasteiger charge is -2.29. The van der Waals surface area contributed by atoms with E-state index in [1.807, 2.05) is 25.1 Å². The van der Waals surface area contributed by atoms with Crippen LogP contribution in [0.15, 0.2) is 42.1 Å². The summed E-state index contributed by atoms with van der Waals surface area (Å²) in [4.78, 5) is 16.9. The summed E-state index contributed by atoms with van der Waals surface area (Å²) in [6.07, 6.45) is 1.75. The van der Waals surface area contributed by atoms with Crippen LogP contribution in [0.5, 0.6) is 0 Å². The van der Waals surface area contributed by atoms with Crippen molar-refractivity contribution in [3.05, 3.63) is 62.7 Å². The van der Waals surface area contributed by atoms with Crippen LogP contribution >= 0.6 is 22.9 Å². The molecule has 10 heteroatoms. The molecule has 1 unspecified atom stereocenters. The molecule has 1 N–H and O–H groups in total. The van der Waals surface area contributed by atoms with Crippen molar-refractivity contribution < 1.29 is 17.6 Å². The molecule has 2 heterocycles. The van der Waals surface area contributed by atoms with Gasteiger partial charge in [0, 0.05) is 17.5 Å². The first-order valence-electron chi connectivity index (χ1n) is 10.2. The summed E-state index contributed by atoms with van der Waals surface area (Å²) in [5.74, 6) is -1.00. The topological polar surface area (TPSA) is 69.7 Å². The van der Waals surface area contributed by atoms with Crippen LogP contribution in [0.25, 0.3) is 0 Å². The Morgan fingerprint density at radius 3 is 2.53 bits per heavy atom. The van der Waals surface area contributed by atoms with Crippen molar-refractivity contribution in [2.75, 3.05) is 31.3 Å². The molecule has 1 amide bonds. The predicted octanol–water partition coefficient (Wildman–Crippen LogP) is 4.19. The Balaban J connectivity index is 1.69. The molecule has 174 valence electrons. The Morgan fingerprint density at radius 1 is 1.25 bits per heavy atom. The van der Waals surface area contributed by atoms with Gasteiger partial charge in [0.2, 0.25) is 10.0 Å². The van der Waals surface area contributed by atoms with Gasteiger partial charge in [-0.1, -0.05) is 31.5 Å². The quantitative estimate of drug-likeness (QED) is 0.561. The largest absolute Gasteiger partial charge is 0.302 e. The molecule has 1 atom stereocenters. The van der Waals surface area contributed by atoms with E-state index in [9.17, 15) is 17.6 Å². The number of sulfonamides is 1. The molecule has 0 aliphatic carbocycles. The van der Waals surface area contributed by atoms with E-state index in [-0.39, 0.29) is 42.1 Å². The fourth-order valence-corrected chi connectivity index (χ4v) is 6.25. The van der Waals surface area contributed by atoms with Crippen molar-refractivity contribution in [1.82, 2.24) is 9.62 Å². The van der Waals surface area contributed by atoms with Gasteiger partial charge in [-0.3, -0.25) is 9.52 Å². The van der Waals surface area contributed by atoms with Crippen LogP contribution in [-0.4, -0.2) is 45.6 Å². The highest BCUT2D eigenvalue weighted by molar-refractivity contribution is 7.89. The van der Waals surface area contributed by atoms with E-state index >= 15 is 0 Å². The maximum atomic E-state index is 15.0. The van der Waals surface area contributed by atoms with Gasteiger partial charge >= 0.3 is 0 Å². The molecule has 1 aromatic carbocycles. The minimum atomic E-state index is -3.74. The van der Waals surface area contributed by atoms with Gasteiger partial charge in [-0.2, -0.15) is 0 Å². The first-order chi connectivity index (χ1) is 15.0. The highest BCUT2D eigenvalue weighted by atomic mass is 35.5. The summed E-state index contributed by atoms with van der Waals surface area (Å²) in [6.45, 7) is 4.22. The smallest absolute Gasteiger partial charge is 0.275 e. The van der Waals surface area contributed by atoms with Gasteiger partial charge in [-0.25, -0.2) is 12.8 Å². The van der Waals surface area contributed by atoms with Gasteiger partial charge in [0.25, 0.3) is 5.91 Å². The number of benzene rings is 1. The minimum Gasteiger partial charge on any atom is -0.302 e. The number of nitrogens with one attached hydrogen (secondary N) is 1. The molecule has 0 radical (unpaired) electrons. The minimum absolute atomic E-state index is 0.0338. The van der Waals surface area contributed by atoms with E-state index in [1.165, 1.54) is 28.4 Å². The van der Waals surface area contributed by atoms with Crippen molar-refractivity contribution in [1.29, 1.82) is 0 Å². The first kappa shape index (κ1) is 24.7. The highest BCUT2D eigenvalue weighted by Gasteiger charge is 2.30. The SMILES string of the molecule is CC(C)C(c1ccc(N2CC=C(NS(=O)(=O)CCc3ccc(Cl)s3)C2=O)c(F)c1)N(C)C. The summed E-state index contributed by atoms with van der Waals surface area (Å²) in [5, 5.41) is 0. The Labute approximate surface area is 197 Å². The molecule has 0 saturated heterocycles. The van der Waals surface area contributed by atoms with E-state index in [1.54, 1.807) is 18.2 Å². The predicted molar refractivity (Wildman–Crippen MR) is 128 cm³/mol. The number of amides is 1. The number of carbonyl (C=O) groups is 1. The molecule has 0 saturated carbocycles. The van der Waals surface area contributed by atoms with Gasteiger partial charge in [0.05, 0.1) is 15.8 Å². The average Bonchev–Trinajstić information content (AvgIpc) is 3.26. The molecule has 32 heavy (non-hydrogen) atoms. The summed E-state index contributed by atoms with van der Waals surface area (Å²) in [5.41, 5.74) is 0.880. The molecule has 2 aromatic rings. The second kappa shape index (κ2) is 9.91. The lowest BCUT2D eigenvalue weighted by Crippen LogP contribution is -2.35. The molecule has 1 aliphatic heterocycles. The Bertz CT molecular complexity index is 1120. The summed E-state index contributed by atoms with van der Waals surface area (Å²) in [6, 6.07) is 8.35. The highest BCUT2D eigenvalue weighted by Crippen LogP contribution is 2.31. The zero-order chi connectivity index (χ0) is 23.6. The molecule has 3 rings (SSSR count). The Hall–Kier alpha value is -1.94. The number of thiophene rings is 1. The Kier molecular flexibility index (Phi) is 7.65. The standard InChI is InChI=1S/C22H27ClFN3O3S2/c1-14(2)21(26(3)4)15-5-7-19(17(24)13-15)27-11-9-18(22(27)28)25-32(29,30)12-10-16-6-8-20(23)31-16/h5-9,13-14,21,25H,10-12H2,1-4H3. The van der Waals surface area contributed by atoms with E-state index in [4.69, 9.17) is 11.6 Å². The third-order valence-electron chi connectivity index (χ3n) is 5.26. The van der Waals surface area contributed by atoms with Crippen LogP contribution in [0.3, 0.4) is 0 Å². The van der Waals surface area contributed by atoms with Gasteiger partial charge in [-0.15, -0.1) is 11.3 Å². The van der Waals surface area contributed by atoms with Crippen molar-refractivity contribution in [2.24, 2.45) is 5.92 Å². The molecule has 1 aromatic heterocycles. The molecule has 0 spiro atoms. The van der Waals surface area contributed by atoms with E-state index in [0.29, 0.717) is 4.34 Å². The van der Waals surface area contributed by atoms with Gasteiger partial charge in [0.15, 0.2) is 0 Å². The average molecular weight is 500 g/mol. The number of nitrogens with zero attached hydrogens (tertiary/aromatic N) is 2. The number of hydrogen-bond donors (Lipinski definition) is 1. The lowest BCUT2D eigenvalue weighted by molar-refractivity contribution is -0.114. The molecule has 0 bridgehead atoms. The molecular formula is C22H27ClFN3O3S2. The summed E-state index contributed by atoms with van der Waals surface area (Å²) < 4.78 is 42.8. The molecule has 1 aliphatic rings. The van der Waals surface area contributed by atoms with Crippen LogP contribution in [0.4, 0.5) is 10.1 Å². The number of aryl methyl sites for hydroxylation is 1. The Morgan fingerprint density at radius 2 is 1.97 bits per heavy atom. The van der Waals surface area contributed by atoms with Crippen LogP contribution in [0, 0.1) is 11.7 Å². The number of carbonyl (C=O) groups excluding carboxylic acids is 1. The van der Waals surface area contributed by atoms with Crippen molar-refractivity contribution in [3.63, 3.8) is 0 Å². The second-order valence-electron chi connectivity index (χ2n) is 8.27. The van der Waals surface area contributed by atoms with Crippen LogP contribution in [-0.2, 0) is 21.2 Å². The van der Waals surface area contributed by atoms with Gasteiger partial charge < -0.3 is 9.80 Å². The molecular weight excluding hydrogens is 473 g/mol. The second-order valence-corrected chi connectivity index (χ2v) is 11.9. The van der Waals surface area contributed by atoms with Crippen LogP contribution in [0.2, 0.25) is 4.34 Å². The van der Waals surface area contributed by atoms with Crippen molar-refractivity contribution in [3.8, 4) is 0 Å². The van der Waals surface area contributed by atoms with Crippen LogP contribution < -0.4 is 9.62 Å². The number of anilines is 1. The maximum Gasteiger partial charge on any atom is 0.275 e. The van der Waals surface area contributed by atoms with Gasteiger partial charge in [0.1, 0.15) is 11.5 Å². The summed E-state index contributed by atoms with van der Waals surface area (Å²) >= 11 is 7.19. The maximum absolute atomic E-state index is 15.0. The summed E-state index contributed by atoms with van der Waals surface area (Å²) in [7, 11) is 0.140.